The first-order chi connectivity index (χ1) is 9.43. The van der Waals surface area contributed by atoms with Gasteiger partial charge in [-0.3, -0.25) is 0 Å². The standard InChI is InChI=1S/C15H18N4/c1-2-6-13-11(5-1)12(8-9-16-13)15-18-17-14-7-3-4-10-19(14)15/h1-2,5-6,12,16H,3-4,7-10H2. The topological polar surface area (TPSA) is 42.7 Å². The van der Waals surface area contributed by atoms with Crippen LogP contribution in [0.5, 0.6) is 0 Å². The van der Waals surface area contributed by atoms with Gasteiger partial charge in [-0.15, -0.1) is 10.2 Å². The Morgan fingerprint density at radius 1 is 1.16 bits per heavy atom. The van der Waals surface area contributed by atoms with Crippen LogP contribution in [0.2, 0.25) is 0 Å². The largest absolute Gasteiger partial charge is 0.385 e. The molecule has 1 aromatic carbocycles. The predicted octanol–water partition coefficient (Wildman–Crippen LogP) is 2.56. The number of nitrogens with zero attached hydrogens (tertiary/aromatic N) is 3. The van der Waals surface area contributed by atoms with Crippen LogP contribution in [-0.4, -0.2) is 21.3 Å². The second-order valence-electron chi connectivity index (χ2n) is 5.44. The lowest BCUT2D eigenvalue weighted by molar-refractivity contribution is 0.494. The second-order valence-corrected chi connectivity index (χ2v) is 5.44. The molecule has 1 aromatic heterocycles. The van der Waals surface area contributed by atoms with Crippen LogP contribution >= 0.6 is 0 Å². The first kappa shape index (κ1) is 11.0. The molecule has 0 bridgehead atoms. The summed E-state index contributed by atoms with van der Waals surface area (Å²) < 4.78 is 2.36. The Hall–Kier alpha value is -1.84. The molecular formula is C15H18N4. The maximum Gasteiger partial charge on any atom is 0.140 e. The van der Waals surface area contributed by atoms with Gasteiger partial charge in [0.2, 0.25) is 0 Å². The van der Waals surface area contributed by atoms with Crippen LogP contribution < -0.4 is 5.32 Å². The maximum atomic E-state index is 4.51. The van der Waals surface area contributed by atoms with Crippen LogP contribution in [0, 0.1) is 0 Å². The Morgan fingerprint density at radius 3 is 3.11 bits per heavy atom. The molecule has 4 nitrogen and oxygen atoms in total. The number of anilines is 1. The fourth-order valence-corrected chi connectivity index (χ4v) is 3.33. The smallest absolute Gasteiger partial charge is 0.140 e. The Bertz CT molecular complexity index is 602. The third-order valence-electron chi connectivity index (χ3n) is 4.28. The van der Waals surface area contributed by atoms with Gasteiger partial charge in [0.15, 0.2) is 0 Å². The lowest BCUT2D eigenvalue weighted by Gasteiger charge is -2.27. The minimum Gasteiger partial charge on any atom is -0.385 e. The van der Waals surface area contributed by atoms with Crippen molar-refractivity contribution >= 4 is 5.69 Å². The van der Waals surface area contributed by atoms with Gasteiger partial charge < -0.3 is 9.88 Å². The van der Waals surface area contributed by atoms with E-state index in [-0.39, 0.29) is 0 Å². The minimum absolute atomic E-state index is 0.400. The lowest BCUT2D eigenvalue weighted by atomic mass is 9.90. The van der Waals surface area contributed by atoms with Crippen molar-refractivity contribution in [2.75, 3.05) is 11.9 Å². The second kappa shape index (κ2) is 4.37. The number of aromatic nitrogens is 3. The highest BCUT2D eigenvalue weighted by Crippen LogP contribution is 2.36. The maximum absolute atomic E-state index is 4.51. The van der Waals surface area contributed by atoms with Gasteiger partial charge in [-0.1, -0.05) is 18.2 Å². The van der Waals surface area contributed by atoms with Crippen LogP contribution in [0.15, 0.2) is 24.3 Å². The van der Waals surface area contributed by atoms with Gasteiger partial charge in [0.05, 0.1) is 0 Å². The summed E-state index contributed by atoms with van der Waals surface area (Å²) in [6, 6.07) is 8.59. The highest BCUT2D eigenvalue weighted by Gasteiger charge is 2.27. The van der Waals surface area contributed by atoms with E-state index < -0.39 is 0 Å². The lowest BCUT2D eigenvalue weighted by Crippen LogP contribution is -2.22. The van der Waals surface area contributed by atoms with Gasteiger partial charge in [0.25, 0.3) is 0 Å². The first-order valence-corrected chi connectivity index (χ1v) is 7.18. The summed E-state index contributed by atoms with van der Waals surface area (Å²) in [4.78, 5) is 0. The average molecular weight is 254 g/mol. The molecular weight excluding hydrogens is 236 g/mol. The van der Waals surface area contributed by atoms with Gasteiger partial charge >= 0.3 is 0 Å². The van der Waals surface area contributed by atoms with Crippen LogP contribution in [0.1, 0.15) is 42.4 Å². The monoisotopic (exact) mass is 254 g/mol. The molecule has 98 valence electrons. The molecule has 1 N–H and O–H groups in total. The quantitative estimate of drug-likeness (QED) is 0.850. The molecule has 4 heteroatoms. The zero-order valence-corrected chi connectivity index (χ0v) is 11.0. The normalized spacial score (nSPS) is 21.4. The van der Waals surface area contributed by atoms with Gasteiger partial charge in [-0.05, 0) is 30.9 Å². The Balaban J connectivity index is 1.79. The van der Waals surface area contributed by atoms with Crippen molar-refractivity contribution < 1.29 is 0 Å². The summed E-state index contributed by atoms with van der Waals surface area (Å²) in [7, 11) is 0. The van der Waals surface area contributed by atoms with Crippen molar-refractivity contribution in [2.24, 2.45) is 0 Å². The van der Waals surface area contributed by atoms with E-state index in [9.17, 15) is 0 Å². The molecule has 2 aliphatic rings. The highest BCUT2D eigenvalue weighted by molar-refractivity contribution is 5.56. The molecule has 2 aliphatic heterocycles. The molecule has 3 heterocycles. The van der Waals surface area contributed by atoms with Gasteiger partial charge in [-0.2, -0.15) is 0 Å². The third-order valence-corrected chi connectivity index (χ3v) is 4.28. The van der Waals surface area contributed by atoms with Crippen LogP contribution in [0.4, 0.5) is 5.69 Å². The molecule has 0 saturated heterocycles. The third kappa shape index (κ3) is 1.74. The summed E-state index contributed by atoms with van der Waals surface area (Å²) in [6.07, 6.45) is 4.69. The van der Waals surface area contributed by atoms with Gasteiger partial charge in [0.1, 0.15) is 11.6 Å². The highest BCUT2D eigenvalue weighted by atomic mass is 15.3. The SMILES string of the molecule is c1ccc2c(c1)NCCC2c1nnc2n1CCCC2. The molecule has 4 rings (SSSR count). The molecule has 2 aromatic rings. The number of benzene rings is 1. The van der Waals surface area contributed by atoms with Crippen molar-refractivity contribution in [1.29, 1.82) is 0 Å². The van der Waals surface area contributed by atoms with E-state index in [4.69, 9.17) is 0 Å². The average Bonchev–Trinajstić information content (AvgIpc) is 2.90. The Kier molecular flexibility index (Phi) is 2.53. The van der Waals surface area contributed by atoms with Crippen molar-refractivity contribution in [3.8, 4) is 0 Å². The zero-order chi connectivity index (χ0) is 12.7. The van der Waals surface area contributed by atoms with E-state index >= 15 is 0 Å². The number of rotatable bonds is 1. The number of aryl methyl sites for hydroxylation is 1. The van der Waals surface area contributed by atoms with E-state index in [1.54, 1.807) is 0 Å². The Labute approximate surface area is 112 Å². The summed E-state index contributed by atoms with van der Waals surface area (Å²) in [5.41, 5.74) is 2.63. The zero-order valence-electron chi connectivity index (χ0n) is 11.0. The molecule has 0 amide bonds. The number of para-hydroxylation sites is 1. The number of hydrogen-bond donors (Lipinski definition) is 1. The van der Waals surface area contributed by atoms with Crippen LogP contribution in [0.3, 0.4) is 0 Å². The van der Waals surface area contributed by atoms with E-state index in [1.165, 1.54) is 35.7 Å². The van der Waals surface area contributed by atoms with E-state index in [0.29, 0.717) is 5.92 Å². The molecule has 1 atom stereocenters. The molecule has 1 unspecified atom stereocenters. The van der Waals surface area contributed by atoms with Crippen molar-refractivity contribution in [2.45, 2.75) is 38.1 Å². The Morgan fingerprint density at radius 2 is 2.11 bits per heavy atom. The van der Waals surface area contributed by atoms with E-state index in [1.807, 2.05) is 0 Å². The predicted molar refractivity (Wildman–Crippen MR) is 74.4 cm³/mol. The molecule has 0 fully saturated rings. The molecule has 0 spiro atoms. The molecule has 19 heavy (non-hydrogen) atoms. The van der Waals surface area contributed by atoms with Gasteiger partial charge in [-0.25, -0.2) is 0 Å². The van der Waals surface area contributed by atoms with Crippen molar-refractivity contribution in [3.05, 3.63) is 41.5 Å². The summed E-state index contributed by atoms with van der Waals surface area (Å²) in [5, 5.41) is 12.4. The van der Waals surface area contributed by atoms with E-state index in [2.05, 4.69) is 44.3 Å². The summed E-state index contributed by atoms with van der Waals surface area (Å²) >= 11 is 0. The minimum atomic E-state index is 0.400. The van der Waals surface area contributed by atoms with Crippen LogP contribution in [-0.2, 0) is 13.0 Å². The van der Waals surface area contributed by atoms with Crippen molar-refractivity contribution in [1.82, 2.24) is 14.8 Å². The number of hydrogen-bond acceptors (Lipinski definition) is 3. The fraction of sp³-hybridized carbons (Fsp3) is 0.467. The molecule has 0 saturated carbocycles. The molecule has 0 radical (unpaired) electrons. The molecule has 0 aliphatic carbocycles. The number of fused-ring (bicyclic) bond motifs is 2. The van der Waals surface area contributed by atoms with Crippen LogP contribution in [0.25, 0.3) is 0 Å². The fourth-order valence-electron chi connectivity index (χ4n) is 3.33. The summed E-state index contributed by atoms with van der Waals surface area (Å²) in [5.74, 6) is 2.75. The van der Waals surface area contributed by atoms with Gasteiger partial charge in [0, 0.05) is 31.1 Å². The first-order valence-electron chi connectivity index (χ1n) is 7.18. The van der Waals surface area contributed by atoms with Crippen molar-refractivity contribution in [3.63, 3.8) is 0 Å². The summed E-state index contributed by atoms with van der Waals surface area (Å²) in [6.45, 7) is 2.10. The van der Waals surface area contributed by atoms with E-state index in [0.717, 1.165) is 25.9 Å². The number of nitrogens with one attached hydrogen (secondary N) is 1.